The van der Waals surface area contributed by atoms with Crippen molar-refractivity contribution in [2.45, 2.75) is 216 Å². The van der Waals surface area contributed by atoms with Gasteiger partial charge in [0.05, 0.1) is 42.4 Å². The number of hydrogen-bond donors (Lipinski definition) is 0. The highest BCUT2D eigenvalue weighted by molar-refractivity contribution is 7.16. The molecule has 734 valence electrons. The number of hydrogen-bond acceptors (Lipinski definition) is 23. The Labute approximate surface area is 870 Å². The minimum absolute atomic E-state index is 0.0888. The Balaban J connectivity index is 0.000000137. The Hall–Kier alpha value is -12.2. The molecule has 0 N–H and O–H groups in total. The van der Waals surface area contributed by atoms with Crippen LogP contribution in [-0.4, -0.2) is 179 Å². The number of thiophene rings is 4. The summed E-state index contributed by atoms with van der Waals surface area (Å²) in [6.45, 7) is 59.5. The number of aromatic nitrogens is 12. The van der Waals surface area contributed by atoms with Crippen LogP contribution in [0.5, 0.6) is 0 Å². The van der Waals surface area contributed by atoms with E-state index in [0.29, 0.717) is 95.3 Å². The van der Waals surface area contributed by atoms with Crippen LogP contribution >= 0.6 is 91.8 Å². The molecule has 35 heteroatoms. The molecule has 0 spiro atoms. The second-order valence-corrected chi connectivity index (χ2v) is 42.9. The number of rotatable bonds is 29. The third-order valence-corrected chi connectivity index (χ3v) is 32.7. The van der Waals surface area contributed by atoms with Gasteiger partial charge in [-0.2, -0.15) is 0 Å². The van der Waals surface area contributed by atoms with Gasteiger partial charge in [0.2, 0.25) is 26.2 Å². The number of likely N-dealkylation sites (N-methyl/N-ethyl adjacent to an activating group) is 1. The average Bonchev–Trinajstić information content (AvgIpc) is 1.60. The summed E-state index contributed by atoms with van der Waals surface area (Å²) in [5.41, 5.74) is 17.1. The number of benzene rings is 5. The highest BCUT2D eigenvalue weighted by Crippen LogP contribution is 2.47. The predicted molar refractivity (Wildman–Crippen MR) is 571 cm³/mol. The first kappa shape index (κ1) is 104. The number of Topliss-reactive ketones (excluding diaryl/α,β-unsaturated/α-hetero) is 4. The first-order valence-electron chi connectivity index (χ1n) is 48.2. The molecule has 8 aromatic heterocycles. The number of fused-ring (bicyclic) bond motifs is 12. The predicted octanol–water partition coefficient (Wildman–Crippen LogP) is 23.5. The van der Waals surface area contributed by atoms with Crippen molar-refractivity contribution in [1.82, 2.24) is 73.8 Å². The van der Waals surface area contributed by atoms with E-state index in [1.807, 2.05) is 209 Å². The topological polar surface area (TPSA) is 268 Å². The average molecular weight is 2070 g/mol. The number of aliphatic imine (C=N–C) groups is 4. The lowest BCUT2D eigenvalue weighted by molar-refractivity contribution is -0.120. The van der Waals surface area contributed by atoms with Crippen LogP contribution in [0.1, 0.15) is 265 Å². The van der Waals surface area contributed by atoms with E-state index >= 15 is 0 Å². The summed E-state index contributed by atoms with van der Waals surface area (Å²) >= 11 is 31.0. The maximum absolute atomic E-state index is 13.2. The van der Waals surface area contributed by atoms with Crippen molar-refractivity contribution in [3.63, 3.8) is 0 Å². The van der Waals surface area contributed by atoms with E-state index in [4.69, 9.17) is 92.7 Å². The number of carbonyl (C=O) groups is 4. The Morgan fingerprint density at radius 1 is 0.350 bits per heavy atom. The summed E-state index contributed by atoms with van der Waals surface area (Å²) in [7, 11) is 2.17. The highest BCUT2D eigenvalue weighted by Gasteiger charge is 2.40. The minimum Gasteiger partial charge on any atom is -0.311 e. The van der Waals surface area contributed by atoms with Gasteiger partial charge in [-0.3, -0.25) is 57.4 Å². The second-order valence-electron chi connectivity index (χ2n) is 36.8. The molecule has 0 radical (unpaired) electrons. The third kappa shape index (κ3) is 23.6. The maximum atomic E-state index is 13.2. The zero-order valence-corrected chi connectivity index (χ0v) is 88.3. The van der Waals surface area contributed by atoms with E-state index in [-0.39, 0.29) is 48.8 Å². The summed E-state index contributed by atoms with van der Waals surface area (Å²) in [5.74, 6) is 6.29. The van der Waals surface area contributed by atoms with Gasteiger partial charge in [0.15, 0.2) is 23.3 Å². The van der Waals surface area contributed by atoms with Crippen LogP contribution in [-0.2, 0) is 51.8 Å². The molecule has 0 unspecified atom stereocenters. The molecule has 5 aromatic carbocycles. The standard InChI is InChI=1S/C29H34ClN7OS.C28H31ClN6OS.C28H24ClN5OS.C23H22ClN5OS/c1-19-25(18-31-3)39-29-26(19)27(21-8-10-22(30)11-9-21)32-24(28-34-33-20(2)37(28)29)17-23(38)7-5-6-12-36-15-13-35(4)14-16-36;1-18-24(17-30-3)37-28-25(18)26(20-9-11-21(29)12-10-20)31-23(27-33-32-19(2)35(27)28)16-22(36)8-7-15-34-13-5-4-6-14-34;1-16-5-7-19(8-6-16)13-22(35)14-23-27-33-32-18(3)34(27)28-25(17(2)24(36-28)15-30-4)26(31-23)20-9-11-21(29)12-10-20;1-5-6-17(30)11-18-22-28-27-14(3)29(22)23-20(13(2)19(31-23)12-25-4)21(26-18)15-7-9-16(24)10-8-15/h8-11,24H,5-7,12-18H2,1-2,4H3;9-12,23H,4-8,13-17H2,1-2H3;5-12,23H,13-15H2,1-3H3;7-10,18H,5-6,11-12H2,1-3H3/t24-;2*23-;18-/m0000/s1. The zero-order valence-electron chi connectivity index (χ0n) is 82.0. The van der Waals surface area contributed by atoms with Crippen LogP contribution < -0.4 is 0 Å². The van der Waals surface area contributed by atoms with Crippen molar-refractivity contribution in [2.75, 3.05) is 59.4 Å². The first-order chi connectivity index (χ1) is 69.1. The second kappa shape index (κ2) is 47.1. The van der Waals surface area contributed by atoms with E-state index in [2.05, 4.69) is 81.9 Å². The van der Waals surface area contributed by atoms with Gasteiger partial charge in [0, 0.05) is 142 Å². The van der Waals surface area contributed by atoms with Crippen LogP contribution in [0.2, 0.25) is 20.1 Å². The molecule has 2 fully saturated rings. The summed E-state index contributed by atoms with van der Waals surface area (Å²) in [5, 5.41) is 41.7. The lowest BCUT2D eigenvalue weighted by atomic mass is 9.99. The molecule has 6 aliphatic rings. The monoisotopic (exact) mass is 2060 g/mol. The molecule has 2 saturated heterocycles. The molecular weight excluding hydrogens is 1950 g/mol. The van der Waals surface area contributed by atoms with Crippen LogP contribution in [0.25, 0.3) is 39.4 Å². The van der Waals surface area contributed by atoms with Crippen molar-refractivity contribution in [1.29, 1.82) is 0 Å². The molecule has 13 aromatic rings. The van der Waals surface area contributed by atoms with Gasteiger partial charge in [-0.1, -0.05) is 138 Å². The molecule has 6 aliphatic heterocycles. The van der Waals surface area contributed by atoms with Crippen molar-refractivity contribution in [3.05, 3.63) is 331 Å². The summed E-state index contributed by atoms with van der Waals surface area (Å²) in [6, 6.07) is 36.7. The van der Waals surface area contributed by atoms with Crippen molar-refractivity contribution >= 4 is 138 Å². The summed E-state index contributed by atoms with van der Waals surface area (Å²) < 4.78 is 8.10. The summed E-state index contributed by atoms with van der Waals surface area (Å²) in [4.78, 5) is 98.7. The molecule has 27 nitrogen and oxygen atoms in total. The van der Waals surface area contributed by atoms with Gasteiger partial charge < -0.3 is 34.1 Å². The fraction of sp³-hybridized carbons (Fsp3) is 0.389. The van der Waals surface area contributed by atoms with E-state index in [1.165, 1.54) is 19.3 Å². The number of piperazine rings is 1. The largest absolute Gasteiger partial charge is 0.311 e. The Bertz CT molecular complexity index is 7210. The number of nitrogens with zero attached hydrogens (tertiary/aromatic N) is 23. The number of halogens is 4. The van der Waals surface area contributed by atoms with Gasteiger partial charge in [0.1, 0.15) is 90.6 Å². The minimum atomic E-state index is -0.488. The van der Waals surface area contributed by atoms with Crippen LogP contribution in [0.4, 0.5) is 0 Å². The molecule has 0 aliphatic carbocycles. The molecular formula is C108H111Cl4N23O4S4. The maximum Gasteiger partial charge on any atom is 0.249 e. The fourth-order valence-corrected chi connectivity index (χ4v) is 24.7. The molecule has 143 heavy (non-hydrogen) atoms. The van der Waals surface area contributed by atoms with E-state index in [0.717, 1.165) is 242 Å². The van der Waals surface area contributed by atoms with Crippen molar-refractivity contribution < 1.29 is 19.2 Å². The molecule has 0 saturated carbocycles. The number of aryl methyl sites for hydroxylation is 5. The third-order valence-electron chi connectivity index (χ3n) is 26.6. The number of likely N-dealkylation sites (tertiary alicyclic amines) is 1. The molecule has 4 atom stereocenters. The van der Waals surface area contributed by atoms with Gasteiger partial charge in [-0.25, -0.2) is 26.3 Å². The summed E-state index contributed by atoms with van der Waals surface area (Å²) in [6.07, 6.45) is 10.4. The van der Waals surface area contributed by atoms with Crippen LogP contribution in [0.3, 0.4) is 0 Å². The van der Waals surface area contributed by atoms with Crippen molar-refractivity contribution in [2.24, 2.45) is 20.0 Å². The highest BCUT2D eigenvalue weighted by atomic mass is 35.5. The molecule has 0 amide bonds. The first-order valence-corrected chi connectivity index (χ1v) is 53.0. The van der Waals surface area contributed by atoms with Crippen LogP contribution in [0, 0.1) is 88.6 Å². The number of piperidine rings is 1. The van der Waals surface area contributed by atoms with Crippen LogP contribution in [0.15, 0.2) is 141 Å². The van der Waals surface area contributed by atoms with Gasteiger partial charge in [-0.15, -0.1) is 86.1 Å². The smallest absolute Gasteiger partial charge is 0.249 e. The van der Waals surface area contributed by atoms with E-state index in [1.54, 1.807) is 45.3 Å². The zero-order chi connectivity index (χ0) is 101. The van der Waals surface area contributed by atoms with Gasteiger partial charge >= 0.3 is 0 Å². The fourth-order valence-electron chi connectivity index (χ4n) is 19.0. The lowest BCUT2D eigenvalue weighted by Gasteiger charge is -2.32. The molecule has 19 rings (SSSR count). The molecule has 14 heterocycles. The number of carbonyl (C=O) groups excluding carboxylic acids is 4. The van der Waals surface area contributed by atoms with Gasteiger partial charge in [-0.05, 0) is 210 Å². The van der Waals surface area contributed by atoms with E-state index < -0.39 is 24.2 Å². The quantitative estimate of drug-likeness (QED) is 0.0311. The Morgan fingerprint density at radius 2 is 0.636 bits per heavy atom. The Kier molecular flexibility index (Phi) is 34.2. The lowest BCUT2D eigenvalue weighted by Crippen LogP contribution is -2.44. The SMILES string of the molecule is [C-]#[N+]Cc1sc2c(c1C)C(c1ccc(Cl)cc1)=N[C@@H](CC(=O)CCC)c1nnc(C)n1-2.[C-]#[N+]Cc1sc2c(c1C)C(c1ccc(Cl)cc1)=N[C@@H](CC(=O)CCCCN1CCN(C)CC1)c1nnc(C)n1-2.[C-]#[N+]Cc1sc2c(c1C)C(c1ccc(Cl)cc1)=N[C@@H](CC(=O)CCCN1CCCCC1)c1nnc(C)n1-2.[C-]#[N+]Cc1sc2c(c1C)C(c1ccc(Cl)cc1)=N[C@@H](CC(=O)Cc1ccc(C)cc1)c1nnc(C)n1-2. The normalized spacial score (nSPS) is 16.2. The van der Waals surface area contributed by atoms with E-state index in [9.17, 15) is 19.2 Å². The number of ketones is 4. The van der Waals surface area contributed by atoms with Gasteiger partial charge in [0.25, 0.3) is 0 Å². The Morgan fingerprint density at radius 3 is 0.944 bits per heavy atom. The van der Waals surface area contributed by atoms with Crippen molar-refractivity contribution in [3.8, 4) is 20.0 Å². The molecule has 0 bridgehead atoms. The number of unbranched alkanes of at least 4 members (excludes halogenated alkanes) is 1.